The molecule has 0 radical (unpaired) electrons. The highest BCUT2D eigenvalue weighted by Crippen LogP contribution is 2.33. The molecule has 2 aromatic rings. The number of hydrogen-bond acceptors (Lipinski definition) is 5. The van der Waals surface area contributed by atoms with Crippen LogP contribution < -0.4 is 9.47 Å². The highest BCUT2D eigenvalue weighted by atomic mass is 32.2. The van der Waals surface area contributed by atoms with Crippen molar-refractivity contribution in [2.24, 2.45) is 0 Å². The number of hydrogen-bond donors (Lipinski definition) is 0. The summed E-state index contributed by atoms with van der Waals surface area (Å²) in [5, 5.41) is 0. The Bertz CT molecular complexity index is 724. The molecular formula is C14H15NO5S. The van der Waals surface area contributed by atoms with Crippen LogP contribution in [0.1, 0.15) is 5.76 Å². The molecule has 0 amide bonds. The van der Waals surface area contributed by atoms with Gasteiger partial charge in [-0.25, -0.2) is 8.42 Å². The highest BCUT2D eigenvalue weighted by Gasteiger charge is 2.24. The van der Waals surface area contributed by atoms with Crippen LogP contribution in [0.5, 0.6) is 11.5 Å². The second kappa shape index (κ2) is 5.42. The molecule has 0 fully saturated rings. The van der Waals surface area contributed by atoms with Crippen LogP contribution in [0.4, 0.5) is 0 Å². The molecule has 2 heterocycles. The molecule has 1 aromatic carbocycles. The van der Waals surface area contributed by atoms with Crippen LogP contribution >= 0.6 is 0 Å². The second-order valence-corrected chi connectivity index (χ2v) is 6.69. The number of rotatable bonds is 4. The summed E-state index contributed by atoms with van der Waals surface area (Å²) in [6, 6.07) is 8.07. The lowest BCUT2D eigenvalue weighted by Gasteiger charge is -2.20. The molecule has 0 bridgehead atoms. The summed E-state index contributed by atoms with van der Waals surface area (Å²) < 4.78 is 42.3. The first-order valence-electron chi connectivity index (χ1n) is 6.46. The van der Waals surface area contributed by atoms with Gasteiger partial charge in [-0.3, -0.25) is 0 Å². The molecule has 21 heavy (non-hydrogen) atoms. The summed E-state index contributed by atoms with van der Waals surface area (Å²) in [6.45, 7) is 1.06. The Morgan fingerprint density at radius 3 is 2.62 bits per heavy atom. The normalized spacial score (nSPS) is 14.4. The molecule has 1 aliphatic rings. The van der Waals surface area contributed by atoms with Crippen molar-refractivity contribution in [3.8, 4) is 11.5 Å². The van der Waals surface area contributed by atoms with Gasteiger partial charge in [-0.05, 0) is 24.3 Å². The van der Waals surface area contributed by atoms with Crippen molar-refractivity contribution in [2.45, 2.75) is 11.4 Å². The molecule has 0 saturated carbocycles. The lowest BCUT2D eigenvalue weighted by atomic mass is 10.3. The third kappa shape index (κ3) is 2.74. The molecule has 0 aliphatic carbocycles. The monoisotopic (exact) mass is 309 g/mol. The first-order chi connectivity index (χ1) is 10.1. The largest absolute Gasteiger partial charge is 0.486 e. The van der Waals surface area contributed by atoms with E-state index in [1.54, 1.807) is 18.2 Å². The fraction of sp³-hybridized carbons (Fsp3) is 0.286. The Balaban J connectivity index is 1.87. The van der Waals surface area contributed by atoms with E-state index in [0.717, 1.165) is 0 Å². The van der Waals surface area contributed by atoms with Gasteiger partial charge in [-0.15, -0.1) is 0 Å². The van der Waals surface area contributed by atoms with Crippen molar-refractivity contribution in [1.29, 1.82) is 0 Å². The second-order valence-electron chi connectivity index (χ2n) is 4.65. The third-order valence-electron chi connectivity index (χ3n) is 3.18. The van der Waals surface area contributed by atoms with E-state index in [-0.39, 0.29) is 11.4 Å². The van der Waals surface area contributed by atoms with Gasteiger partial charge in [0.15, 0.2) is 11.5 Å². The molecule has 112 valence electrons. The number of fused-ring (bicyclic) bond motifs is 1. The van der Waals surface area contributed by atoms with E-state index in [4.69, 9.17) is 13.9 Å². The van der Waals surface area contributed by atoms with Crippen molar-refractivity contribution in [2.75, 3.05) is 20.3 Å². The third-order valence-corrected chi connectivity index (χ3v) is 4.98. The summed E-state index contributed by atoms with van der Waals surface area (Å²) in [5.41, 5.74) is 0. The molecule has 0 atom stereocenters. The Kier molecular flexibility index (Phi) is 3.60. The predicted molar refractivity (Wildman–Crippen MR) is 74.8 cm³/mol. The van der Waals surface area contributed by atoms with Crippen molar-refractivity contribution in [1.82, 2.24) is 4.31 Å². The maximum Gasteiger partial charge on any atom is 0.243 e. The molecule has 0 saturated heterocycles. The summed E-state index contributed by atoms with van der Waals surface area (Å²) in [7, 11) is -2.10. The van der Waals surface area contributed by atoms with Gasteiger partial charge in [-0.1, -0.05) is 0 Å². The van der Waals surface area contributed by atoms with E-state index < -0.39 is 10.0 Å². The quantitative estimate of drug-likeness (QED) is 0.862. The maximum atomic E-state index is 12.5. The minimum Gasteiger partial charge on any atom is -0.486 e. The van der Waals surface area contributed by atoms with Crippen molar-refractivity contribution in [3.63, 3.8) is 0 Å². The van der Waals surface area contributed by atoms with Crippen molar-refractivity contribution < 1.29 is 22.3 Å². The maximum absolute atomic E-state index is 12.5. The molecule has 3 rings (SSSR count). The number of benzene rings is 1. The summed E-state index contributed by atoms with van der Waals surface area (Å²) in [6.07, 6.45) is 1.51. The summed E-state index contributed by atoms with van der Waals surface area (Å²) in [4.78, 5) is 0.167. The standard InChI is InChI=1S/C14H15NO5S/c1-15(10-11-3-2-6-18-11)21(16,17)12-4-5-13-14(9-12)20-8-7-19-13/h2-6,9H,7-8,10H2,1H3. The fourth-order valence-corrected chi connectivity index (χ4v) is 3.22. The van der Waals surface area contributed by atoms with Gasteiger partial charge >= 0.3 is 0 Å². The van der Waals surface area contributed by atoms with Crippen LogP contribution in [-0.2, 0) is 16.6 Å². The fourth-order valence-electron chi connectivity index (χ4n) is 2.07. The Morgan fingerprint density at radius 1 is 1.14 bits per heavy atom. The van der Waals surface area contributed by atoms with Crippen molar-refractivity contribution >= 4 is 10.0 Å². The minimum absolute atomic E-state index is 0.167. The molecule has 0 unspecified atom stereocenters. The van der Waals surface area contributed by atoms with Gasteiger partial charge in [-0.2, -0.15) is 4.31 Å². The molecule has 1 aromatic heterocycles. The van der Waals surface area contributed by atoms with Gasteiger partial charge in [0.1, 0.15) is 19.0 Å². The van der Waals surface area contributed by atoms with E-state index in [1.165, 1.54) is 29.7 Å². The van der Waals surface area contributed by atoms with Gasteiger partial charge in [0, 0.05) is 13.1 Å². The number of nitrogens with zero attached hydrogens (tertiary/aromatic N) is 1. The smallest absolute Gasteiger partial charge is 0.243 e. The Morgan fingerprint density at radius 2 is 1.90 bits per heavy atom. The van der Waals surface area contributed by atoms with E-state index >= 15 is 0 Å². The first-order valence-corrected chi connectivity index (χ1v) is 7.90. The molecule has 0 N–H and O–H groups in total. The van der Waals surface area contributed by atoms with Gasteiger partial charge in [0.25, 0.3) is 0 Å². The van der Waals surface area contributed by atoms with Gasteiger partial charge < -0.3 is 13.9 Å². The minimum atomic E-state index is -3.61. The first kappa shape index (κ1) is 14.0. The van der Waals surface area contributed by atoms with Crippen LogP contribution in [0.3, 0.4) is 0 Å². The van der Waals surface area contributed by atoms with Crippen LogP contribution in [0.25, 0.3) is 0 Å². The van der Waals surface area contributed by atoms with Crippen molar-refractivity contribution in [3.05, 3.63) is 42.4 Å². The van der Waals surface area contributed by atoms with Crippen LogP contribution in [0.2, 0.25) is 0 Å². The van der Waals surface area contributed by atoms with E-state index in [0.29, 0.717) is 30.5 Å². The molecule has 0 spiro atoms. The topological polar surface area (TPSA) is 69.0 Å². The Labute approximate surface area is 122 Å². The number of furan rings is 1. The van der Waals surface area contributed by atoms with E-state index in [2.05, 4.69) is 0 Å². The molecular weight excluding hydrogens is 294 g/mol. The SMILES string of the molecule is CN(Cc1ccco1)S(=O)(=O)c1ccc2c(c1)OCCO2. The zero-order valence-electron chi connectivity index (χ0n) is 11.5. The zero-order valence-corrected chi connectivity index (χ0v) is 12.3. The zero-order chi connectivity index (χ0) is 14.9. The number of sulfonamides is 1. The van der Waals surface area contributed by atoms with Crippen LogP contribution in [-0.4, -0.2) is 33.0 Å². The van der Waals surface area contributed by atoms with Gasteiger partial charge in [0.05, 0.1) is 17.7 Å². The van der Waals surface area contributed by atoms with E-state index in [9.17, 15) is 8.42 Å². The van der Waals surface area contributed by atoms with Crippen LogP contribution in [0, 0.1) is 0 Å². The average Bonchev–Trinajstić information content (AvgIpc) is 2.99. The molecule has 6 nitrogen and oxygen atoms in total. The lowest BCUT2D eigenvalue weighted by molar-refractivity contribution is 0.171. The van der Waals surface area contributed by atoms with Crippen LogP contribution in [0.15, 0.2) is 45.9 Å². The molecule has 7 heteroatoms. The highest BCUT2D eigenvalue weighted by molar-refractivity contribution is 7.89. The Hall–Kier alpha value is -1.99. The summed E-state index contributed by atoms with van der Waals surface area (Å²) in [5.74, 6) is 1.60. The van der Waals surface area contributed by atoms with E-state index in [1.807, 2.05) is 0 Å². The average molecular weight is 309 g/mol. The van der Waals surface area contributed by atoms with Gasteiger partial charge in [0.2, 0.25) is 10.0 Å². The number of ether oxygens (including phenoxy) is 2. The predicted octanol–water partition coefficient (Wildman–Crippen LogP) is 1.87. The summed E-state index contributed by atoms with van der Waals surface area (Å²) >= 11 is 0. The molecule has 1 aliphatic heterocycles. The lowest BCUT2D eigenvalue weighted by Crippen LogP contribution is -2.26.